The Morgan fingerprint density at radius 2 is 1.40 bits per heavy atom. The average Bonchev–Trinajstić information content (AvgIpc) is 2.94. The molecule has 0 bridgehead atoms. The Bertz CT molecular complexity index is 1040. The maximum Gasteiger partial charge on any atom is 0.407 e. The van der Waals surface area contributed by atoms with Crippen molar-refractivity contribution in [3.63, 3.8) is 0 Å². The molecule has 0 saturated carbocycles. The van der Waals surface area contributed by atoms with Gasteiger partial charge in [-0.25, -0.2) is 4.79 Å². The Kier molecular flexibility index (Phi) is 16.0. The number of carbonyl (C=O) groups excluding carboxylic acids is 5. The number of hydrogen-bond donors (Lipinski definition) is 2. The minimum atomic E-state index is -1.21. The first-order valence-corrected chi connectivity index (χ1v) is 13.7. The van der Waals surface area contributed by atoms with Crippen LogP contribution in [-0.2, 0) is 63.7 Å². The van der Waals surface area contributed by atoms with Crippen molar-refractivity contribution in [2.45, 2.75) is 64.9 Å². The van der Waals surface area contributed by atoms with E-state index in [1.54, 1.807) is 0 Å². The number of rotatable bonds is 17. The topological polar surface area (TPSA) is 183 Å². The van der Waals surface area contributed by atoms with Gasteiger partial charge in [0.05, 0.1) is 33.0 Å². The van der Waals surface area contributed by atoms with Gasteiger partial charge in [0.25, 0.3) is 0 Å². The maximum absolute atomic E-state index is 12.0. The molecule has 240 valence electrons. The molecule has 1 aromatic rings. The zero-order chi connectivity index (χ0) is 31.6. The molecular formula is C28H40N2O13. The van der Waals surface area contributed by atoms with Crippen molar-refractivity contribution in [2.24, 2.45) is 0 Å². The molecule has 1 fully saturated rings. The second kappa shape index (κ2) is 19.4. The number of alkyl carbamates (subject to hydrolysis) is 1. The molecule has 2 rings (SSSR count). The summed E-state index contributed by atoms with van der Waals surface area (Å²) in [6, 6.07) is 8.24. The van der Waals surface area contributed by atoms with E-state index in [1.165, 1.54) is 13.8 Å². The van der Waals surface area contributed by atoms with Gasteiger partial charge in [-0.05, 0) is 5.56 Å². The van der Waals surface area contributed by atoms with E-state index in [0.717, 1.165) is 19.4 Å². The summed E-state index contributed by atoms with van der Waals surface area (Å²) in [4.78, 5) is 58.8. The summed E-state index contributed by atoms with van der Waals surface area (Å²) >= 11 is 0. The van der Waals surface area contributed by atoms with E-state index in [9.17, 15) is 24.0 Å². The first-order chi connectivity index (χ1) is 20.6. The molecule has 0 radical (unpaired) electrons. The van der Waals surface area contributed by atoms with Gasteiger partial charge in [0.2, 0.25) is 5.91 Å². The molecule has 15 heteroatoms. The second-order valence-electron chi connectivity index (χ2n) is 9.30. The number of amides is 2. The third-order valence-corrected chi connectivity index (χ3v) is 5.68. The van der Waals surface area contributed by atoms with Gasteiger partial charge in [-0.15, -0.1) is 0 Å². The number of benzene rings is 1. The van der Waals surface area contributed by atoms with Crippen LogP contribution >= 0.6 is 0 Å². The van der Waals surface area contributed by atoms with Crippen molar-refractivity contribution in [3.8, 4) is 0 Å². The molecule has 1 aromatic carbocycles. The van der Waals surface area contributed by atoms with Crippen LogP contribution in [0, 0.1) is 0 Å². The average molecular weight is 613 g/mol. The molecule has 43 heavy (non-hydrogen) atoms. The number of carbonyl (C=O) groups is 5. The molecule has 2 N–H and O–H groups in total. The predicted molar refractivity (Wildman–Crippen MR) is 146 cm³/mol. The Morgan fingerprint density at radius 1 is 0.767 bits per heavy atom. The van der Waals surface area contributed by atoms with Crippen LogP contribution in [0.1, 0.15) is 33.3 Å². The predicted octanol–water partition coefficient (Wildman–Crippen LogP) is 0.619. The van der Waals surface area contributed by atoms with Gasteiger partial charge in [0.1, 0.15) is 25.4 Å². The Hall–Kier alpha value is -3.79. The first-order valence-electron chi connectivity index (χ1n) is 13.7. The highest BCUT2D eigenvalue weighted by atomic mass is 16.7. The van der Waals surface area contributed by atoms with E-state index in [2.05, 4.69) is 10.6 Å². The van der Waals surface area contributed by atoms with Crippen LogP contribution in [-0.4, -0.2) is 107 Å². The number of nitrogens with one attached hydrogen (secondary N) is 2. The quantitative estimate of drug-likeness (QED) is 0.142. The summed E-state index contributed by atoms with van der Waals surface area (Å²) < 4.78 is 43.5. The van der Waals surface area contributed by atoms with E-state index in [-0.39, 0.29) is 52.8 Å². The fourth-order valence-corrected chi connectivity index (χ4v) is 3.98. The highest BCUT2D eigenvalue weighted by molar-refractivity contribution is 5.73. The van der Waals surface area contributed by atoms with Crippen molar-refractivity contribution < 1.29 is 61.9 Å². The van der Waals surface area contributed by atoms with E-state index < -0.39 is 60.6 Å². The maximum atomic E-state index is 12.0. The summed E-state index contributed by atoms with van der Waals surface area (Å²) in [5.41, 5.74) is 0.882. The van der Waals surface area contributed by atoms with Gasteiger partial charge in [-0.3, -0.25) is 19.2 Å². The van der Waals surface area contributed by atoms with E-state index in [4.69, 9.17) is 37.9 Å². The lowest BCUT2D eigenvalue weighted by Crippen LogP contribution is -2.66. The lowest BCUT2D eigenvalue weighted by molar-refractivity contribution is -0.279. The van der Waals surface area contributed by atoms with Crippen LogP contribution in [0.5, 0.6) is 0 Å². The zero-order valence-corrected chi connectivity index (χ0v) is 24.7. The highest BCUT2D eigenvalue weighted by Crippen LogP contribution is 2.28. The molecular weight excluding hydrogens is 572 g/mol. The van der Waals surface area contributed by atoms with Crippen molar-refractivity contribution in [3.05, 3.63) is 35.9 Å². The molecule has 15 nitrogen and oxygen atoms in total. The summed E-state index contributed by atoms with van der Waals surface area (Å²) in [6.45, 7) is 5.69. The van der Waals surface area contributed by atoms with Crippen LogP contribution in [0.15, 0.2) is 30.3 Å². The molecule has 2 amide bonds. The van der Waals surface area contributed by atoms with Gasteiger partial charge < -0.3 is 48.5 Å². The minimum Gasteiger partial charge on any atom is -0.463 e. The smallest absolute Gasteiger partial charge is 0.407 e. The van der Waals surface area contributed by atoms with Gasteiger partial charge in [0, 0.05) is 34.2 Å². The summed E-state index contributed by atoms with van der Waals surface area (Å²) in [6.07, 6.45) is -5.19. The van der Waals surface area contributed by atoms with Crippen LogP contribution in [0.2, 0.25) is 0 Å². The van der Waals surface area contributed by atoms with E-state index >= 15 is 0 Å². The second-order valence-corrected chi connectivity index (χ2v) is 9.30. The molecule has 0 spiro atoms. The molecule has 0 aliphatic carbocycles. The van der Waals surface area contributed by atoms with E-state index in [0.29, 0.717) is 0 Å². The van der Waals surface area contributed by atoms with Gasteiger partial charge >= 0.3 is 24.0 Å². The standard InChI is InChI=1S/C28H40N2O13/c1-18(31)30-24-26(42-21(4)34)25(41-20(3)33)23(17-39-19(2)32)43-27(24)38-15-14-37-13-12-36-11-10-29-28(35)40-16-22-8-6-5-7-9-22/h5-9,23-27H,10-17H2,1-4H3,(H,29,35)(H,30,31)/t23-,24-,25+,26-,27-/m1/s1. The molecule has 1 heterocycles. The summed E-state index contributed by atoms with van der Waals surface area (Å²) in [5, 5.41) is 5.20. The van der Waals surface area contributed by atoms with Crippen molar-refractivity contribution in [2.75, 3.05) is 46.2 Å². The fraction of sp³-hybridized carbons (Fsp3) is 0.607. The van der Waals surface area contributed by atoms with Crippen molar-refractivity contribution >= 4 is 29.9 Å². The fourth-order valence-electron chi connectivity index (χ4n) is 3.98. The Labute approximate surface area is 249 Å². The van der Waals surface area contributed by atoms with Crippen molar-refractivity contribution in [1.29, 1.82) is 0 Å². The normalized spacial score (nSPS) is 21.3. The van der Waals surface area contributed by atoms with Gasteiger partial charge in [-0.1, -0.05) is 30.3 Å². The summed E-state index contributed by atoms with van der Waals surface area (Å²) in [5.74, 6) is -2.49. The first kappa shape index (κ1) is 35.4. The molecule has 5 atom stereocenters. The van der Waals surface area contributed by atoms with E-state index in [1.807, 2.05) is 30.3 Å². The third-order valence-electron chi connectivity index (χ3n) is 5.68. The number of esters is 3. The monoisotopic (exact) mass is 612 g/mol. The molecule has 0 aromatic heterocycles. The third kappa shape index (κ3) is 14.3. The Morgan fingerprint density at radius 3 is 2.02 bits per heavy atom. The zero-order valence-electron chi connectivity index (χ0n) is 24.7. The largest absolute Gasteiger partial charge is 0.463 e. The lowest BCUT2D eigenvalue weighted by atomic mass is 9.96. The molecule has 0 unspecified atom stereocenters. The van der Waals surface area contributed by atoms with Gasteiger partial charge in [-0.2, -0.15) is 0 Å². The van der Waals surface area contributed by atoms with Crippen LogP contribution < -0.4 is 10.6 Å². The van der Waals surface area contributed by atoms with Gasteiger partial charge in [0.15, 0.2) is 18.5 Å². The Balaban J connectivity index is 1.78. The van der Waals surface area contributed by atoms with Crippen LogP contribution in [0.3, 0.4) is 0 Å². The minimum absolute atomic E-state index is 0.000864. The van der Waals surface area contributed by atoms with Crippen LogP contribution in [0.25, 0.3) is 0 Å². The highest BCUT2D eigenvalue weighted by Gasteiger charge is 2.51. The molecule has 1 aliphatic rings. The molecule has 1 saturated heterocycles. The molecule has 1 aliphatic heterocycles. The van der Waals surface area contributed by atoms with Crippen LogP contribution in [0.4, 0.5) is 4.79 Å². The number of ether oxygens (including phenoxy) is 8. The lowest BCUT2D eigenvalue weighted by Gasteiger charge is -2.44. The number of hydrogen-bond acceptors (Lipinski definition) is 13. The summed E-state index contributed by atoms with van der Waals surface area (Å²) in [7, 11) is 0. The SMILES string of the molecule is CC(=O)N[C@H]1[C@H](OCCOCCOCCNC(=O)OCc2ccccc2)O[C@H](COC(C)=O)[C@H](OC(C)=O)[C@@H]1OC(C)=O. The van der Waals surface area contributed by atoms with Crippen molar-refractivity contribution in [1.82, 2.24) is 10.6 Å².